The minimum Gasteiger partial charge on any atom is -0.333 e. The smallest absolute Gasteiger partial charge is 0.122 e. The number of fused-ring (bicyclic) bond motifs is 1. The zero-order valence-electron chi connectivity index (χ0n) is 11.9. The fourth-order valence-corrected chi connectivity index (χ4v) is 2.62. The Kier molecular flexibility index (Phi) is 4.40. The van der Waals surface area contributed by atoms with Gasteiger partial charge in [0.1, 0.15) is 5.82 Å². The number of nitrogens with zero attached hydrogens (tertiary/aromatic N) is 3. The van der Waals surface area contributed by atoms with Crippen molar-refractivity contribution in [1.82, 2.24) is 19.8 Å². The molecular weight excluding hydrogens is 224 g/mol. The molecule has 1 aliphatic heterocycles. The van der Waals surface area contributed by atoms with E-state index >= 15 is 0 Å². The Bertz CT molecular complexity index is 370. The Labute approximate surface area is 110 Å². The van der Waals surface area contributed by atoms with E-state index in [0.29, 0.717) is 5.41 Å². The van der Waals surface area contributed by atoms with E-state index in [1.165, 1.54) is 12.2 Å². The highest BCUT2D eigenvalue weighted by Crippen LogP contribution is 2.19. The minimum absolute atomic E-state index is 0.323. The predicted octanol–water partition coefficient (Wildman–Crippen LogP) is 1.72. The van der Waals surface area contributed by atoms with Crippen LogP contribution in [0.15, 0.2) is 12.4 Å². The van der Waals surface area contributed by atoms with Crippen LogP contribution in [0.1, 0.15) is 33.0 Å². The molecule has 0 saturated heterocycles. The molecule has 2 heterocycles. The summed E-state index contributed by atoms with van der Waals surface area (Å²) in [5.41, 5.74) is 0.323. The second-order valence-corrected chi connectivity index (χ2v) is 6.09. The van der Waals surface area contributed by atoms with Crippen LogP contribution in [-0.4, -0.2) is 40.6 Å². The van der Waals surface area contributed by atoms with E-state index in [9.17, 15) is 0 Å². The number of imidazole rings is 1. The molecule has 1 N–H and O–H groups in total. The van der Waals surface area contributed by atoms with E-state index in [-0.39, 0.29) is 0 Å². The summed E-state index contributed by atoms with van der Waals surface area (Å²) in [7, 11) is 0. The minimum atomic E-state index is 0.323. The quantitative estimate of drug-likeness (QED) is 0.781. The lowest BCUT2D eigenvalue weighted by Crippen LogP contribution is -2.43. The highest BCUT2D eigenvalue weighted by atomic mass is 15.2. The molecule has 0 spiro atoms. The molecule has 0 aromatic carbocycles. The molecule has 0 saturated carbocycles. The fraction of sp³-hybridized carbons (Fsp3) is 0.786. The third-order valence-corrected chi connectivity index (χ3v) is 3.51. The molecule has 102 valence electrons. The van der Waals surface area contributed by atoms with E-state index in [0.717, 1.165) is 39.3 Å². The average molecular weight is 250 g/mol. The van der Waals surface area contributed by atoms with Gasteiger partial charge in [0.05, 0.1) is 6.54 Å². The summed E-state index contributed by atoms with van der Waals surface area (Å²) >= 11 is 0. The van der Waals surface area contributed by atoms with Crippen LogP contribution in [0.4, 0.5) is 0 Å². The first-order chi connectivity index (χ1) is 8.61. The molecule has 0 atom stereocenters. The molecule has 4 nitrogen and oxygen atoms in total. The lowest BCUT2D eigenvalue weighted by molar-refractivity contribution is 0.142. The molecule has 0 bridgehead atoms. The summed E-state index contributed by atoms with van der Waals surface area (Å²) in [5.74, 6) is 1.21. The van der Waals surface area contributed by atoms with E-state index in [2.05, 4.69) is 46.7 Å². The van der Waals surface area contributed by atoms with Gasteiger partial charge in [-0.1, -0.05) is 20.8 Å². The van der Waals surface area contributed by atoms with Gasteiger partial charge in [-0.25, -0.2) is 4.98 Å². The van der Waals surface area contributed by atoms with Gasteiger partial charge in [-0.15, -0.1) is 0 Å². The normalized spacial score (nSPS) is 16.8. The largest absolute Gasteiger partial charge is 0.333 e. The summed E-state index contributed by atoms with van der Waals surface area (Å²) in [5, 5.41) is 3.53. The lowest BCUT2D eigenvalue weighted by Gasteiger charge is -2.35. The predicted molar refractivity (Wildman–Crippen MR) is 74.4 cm³/mol. The maximum Gasteiger partial charge on any atom is 0.122 e. The van der Waals surface area contributed by atoms with E-state index in [1.807, 2.05) is 6.20 Å². The molecule has 2 rings (SSSR count). The van der Waals surface area contributed by atoms with Gasteiger partial charge in [-0.3, -0.25) is 4.90 Å². The Morgan fingerprint density at radius 2 is 2.22 bits per heavy atom. The van der Waals surface area contributed by atoms with Crippen molar-refractivity contribution in [3.63, 3.8) is 0 Å². The Balaban J connectivity index is 1.83. The molecule has 0 unspecified atom stereocenters. The van der Waals surface area contributed by atoms with Gasteiger partial charge in [-0.05, 0) is 18.4 Å². The van der Waals surface area contributed by atoms with Crippen molar-refractivity contribution in [3.05, 3.63) is 18.2 Å². The Morgan fingerprint density at radius 1 is 1.39 bits per heavy atom. The SMILES string of the molecule is CCCNCC(C)(C)CN1CCn2ccnc2C1. The summed E-state index contributed by atoms with van der Waals surface area (Å²) in [6.07, 6.45) is 5.20. The van der Waals surface area contributed by atoms with Gasteiger partial charge in [0.15, 0.2) is 0 Å². The van der Waals surface area contributed by atoms with E-state index < -0.39 is 0 Å². The summed E-state index contributed by atoms with van der Waals surface area (Å²) in [4.78, 5) is 6.94. The summed E-state index contributed by atoms with van der Waals surface area (Å²) < 4.78 is 2.26. The third-order valence-electron chi connectivity index (χ3n) is 3.51. The van der Waals surface area contributed by atoms with Crippen LogP contribution in [0.25, 0.3) is 0 Å². The van der Waals surface area contributed by atoms with Crippen LogP contribution >= 0.6 is 0 Å². The van der Waals surface area contributed by atoms with E-state index in [4.69, 9.17) is 0 Å². The Morgan fingerprint density at radius 3 is 3.00 bits per heavy atom. The lowest BCUT2D eigenvalue weighted by atomic mass is 9.92. The van der Waals surface area contributed by atoms with Crippen LogP contribution in [0.5, 0.6) is 0 Å². The zero-order valence-corrected chi connectivity index (χ0v) is 11.9. The molecule has 4 heteroatoms. The molecule has 1 aromatic heterocycles. The molecule has 0 amide bonds. The molecular formula is C14H26N4. The molecule has 0 fully saturated rings. The highest BCUT2D eigenvalue weighted by Gasteiger charge is 2.24. The van der Waals surface area contributed by atoms with Crippen molar-refractivity contribution in [2.24, 2.45) is 5.41 Å². The van der Waals surface area contributed by atoms with Crippen LogP contribution in [-0.2, 0) is 13.1 Å². The van der Waals surface area contributed by atoms with Gasteiger partial charge in [0.25, 0.3) is 0 Å². The number of nitrogens with one attached hydrogen (secondary N) is 1. The van der Waals surface area contributed by atoms with Gasteiger partial charge in [0.2, 0.25) is 0 Å². The molecule has 1 aromatic rings. The first-order valence-corrected chi connectivity index (χ1v) is 7.04. The number of hydrogen-bond donors (Lipinski definition) is 1. The maximum atomic E-state index is 4.42. The molecule has 0 aliphatic carbocycles. The van der Waals surface area contributed by atoms with Crippen molar-refractivity contribution in [2.75, 3.05) is 26.2 Å². The fourth-order valence-electron chi connectivity index (χ4n) is 2.62. The summed E-state index contributed by atoms with van der Waals surface area (Å²) in [6, 6.07) is 0. The van der Waals surface area contributed by atoms with Crippen molar-refractivity contribution >= 4 is 0 Å². The monoisotopic (exact) mass is 250 g/mol. The number of rotatable bonds is 6. The van der Waals surface area contributed by atoms with Crippen LogP contribution < -0.4 is 5.32 Å². The van der Waals surface area contributed by atoms with Crippen LogP contribution in [0, 0.1) is 5.41 Å². The van der Waals surface area contributed by atoms with Crippen LogP contribution in [0.2, 0.25) is 0 Å². The highest BCUT2D eigenvalue weighted by molar-refractivity contribution is 4.96. The average Bonchev–Trinajstić information content (AvgIpc) is 2.75. The van der Waals surface area contributed by atoms with Crippen molar-refractivity contribution in [2.45, 2.75) is 40.3 Å². The van der Waals surface area contributed by atoms with Crippen LogP contribution in [0.3, 0.4) is 0 Å². The first-order valence-electron chi connectivity index (χ1n) is 7.04. The standard InChI is InChI=1S/C14H26N4/c1-4-5-15-11-14(2,3)12-17-8-9-18-7-6-16-13(18)10-17/h6-7,15H,4-5,8-12H2,1-3H3. The zero-order chi connectivity index (χ0) is 13.0. The topological polar surface area (TPSA) is 33.1 Å². The first kappa shape index (κ1) is 13.6. The van der Waals surface area contributed by atoms with Gasteiger partial charge in [0, 0.05) is 38.6 Å². The van der Waals surface area contributed by atoms with Crippen molar-refractivity contribution < 1.29 is 0 Å². The van der Waals surface area contributed by atoms with E-state index in [1.54, 1.807) is 0 Å². The molecule has 0 radical (unpaired) electrons. The Hall–Kier alpha value is -0.870. The second kappa shape index (κ2) is 5.85. The second-order valence-electron chi connectivity index (χ2n) is 6.09. The van der Waals surface area contributed by atoms with Gasteiger partial charge < -0.3 is 9.88 Å². The summed E-state index contributed by atoms with van der Waals surface area (Å²) in [6.45, 7) is 13.5. The number of aromatic nitrogens is 2. The third kappa shape index (κ3) is 3.56. The number of hydrogen-bond acceptors (Lipinski definition) is 3. The molecule has 18 heavy (non-hydrogen) atoms. The van der Waals surface area contributed by atoms with Crippen molar-refractivity contribution in [3.8, 4) is 0 Å². The maximum absolute atomic E-state index is 4.42. The van der Waals surface area contributed by atoms with Gasteiger partial charge >= 0.3 is 0 Å². The van der Waals surface area contributed by atoms with Crippen molar-refractivity contribution in [1.29, 1.82) is 0 Å². The van der Waals surface area contributed by atoms with Gasteiger partial charge in [-0.2, -0.15) is 0 Å². The molecule has 1 aliphatic rings.